The minimum absolute atomic E-state index is 0.0393. The summed E-state index contributed by atoms with van der Waals surface area (Å²) in [5.74, 6) is 0.802. The Morgan fingerprint density at radius 2 is 1.83 bits per heavy atom. The lowest BCUT2D eigenvalue weighted by Crippen LogP contribution is -2.15. The molecule has 3 aromatic rings. The molecule has 1 N–H and O–H groups in total. The Balaban J connectivity index is 1.41. The Morgan fingerprint density at radius 3 is 2.52 bits per heavy atom. The van der Waals surface area contributed by atoms with Gasteiger partial charge in [0.2, 0.25) is 5.91 Å². The van der Waals surface area contributed by atoms with Gasteiger partial charge in [0, 0.05) is 17.4 Å². The van der Waals surface area contributed by atoms with Crippen molar-refractivity contribution < 1.29 is 9.53 Å². The fraction of sp³-hybridized carbons (Fsp3) is 0.333. The molecule has 0 spiro atoms. The molecule has 1 aromatic heterocycles. The van der Waals surface area contributed by atoms with Crippen molar-refractivity contribution in [1.29, 1.82) is 0 Å². The molecule has 2 aromatic carbocycles. The number of benzene rings is 2. The van der Waals surface area contributed by atoms with E-state index in [-0.39, 0.29) is 11.3 Å². The van der Waals surface area contributed by atoms with E-state index in [1.165, 1.54) is 16.9 Å². The number of anilines is 1. The molecule has 0 atom stereocenters. The summed E-state index contributed by atoms with van der Waals surface area (Å²) in [6, 6.07) is 18.2. The van der Waals surface area contributed by atoms with E-state index < -0.39 is 0 Å². The number of ether oxygens (including phenoxy) is 1. The number of amides is 1. The second-order valence-electron chi connectivity index (χ2n) is 7.67. The number of carbonyl (C=O) groups excluding carboxylic acids is 1. The van der Waals surface area contributed by atoms with Gasteiger partial charge in [0.05, 0.1) is 12.3 Å². The zero-order chi connectivity index (χ0) is 20.7. The number of nitrogens with zero attached hydrogens (tertiary/aromatic N) is 1. The average molecular weight is 409 g/mol. The number of hydrogen-bond acceptors (Lipinski definition) is 4. The van der Waals surface area contributed by atoms with Gasteiger partial charge in [-0.05, 0) is 36.0 Å². The molecule has 4 nitrogen and oxygen atoms in total. The molecule has 0 aliphatic heterocycles. The highest BCUT2D eigenvalue weighted by Gasteiger charge is 2.17. The van der Waals surface area contributed by atoms with Crippen molar-refractivity contribution in [2.45, 2.75) is 45.4 Å². The molecule has 0 fully saturated rings. The summed E-state index contributed by atoms with van der Waals surface area (Å²) in [5.41, 5.74) is 3.41. The van der Waals surface area contributed by atoms with Gasteiger partial charge in [-0.3, -0.25) is 4.79 Å². The summed E-state index contributed by atoms with van der Waals surface area (Å²) in [5, 5.41) is 5.46. The fourth-order valence-corrected chi connectivity index (χ4v) is 3.62. The first-order valence-corrected chi connectivity index (χ1v) is 10.9. The van der Waals surface area contributed by atoms with Crippen LogP contribution in [0.4, 0.5) is 5.13 Å². The van der Waals surface area contributed by atoms with Gasteiger partial charge in [-0.2, -0.15) is 0 Å². The predicted molar refractivity (Wildman–Crippen MR) is 121 cm³/mol. The van der Waals surface area contributed by atoms with Crippen LogP contribution in [0.2, 0.25) is 0 Å². The molecular formula is C24H28N2O2S. The van der Waals surface area contributed by atoms with Crippen molar-refractivity contribution in [3.8, 4) is 17.0 Å². The zero-order valence-corrected chi connectivity index (χ0v) is 18.1. The van der Waals surface area contributed by atoms with Crippen molar-refractivity contribution in [1.82, 2.24) is 4.98 Å². The predicted octanol–water partition coefficient (Wildman–Crippen LogP) is 6.30. The number of carbonyl (C=O) groups is 1. The molecule has 1 heterocycles. The third kappa shape index (κ3) is 5.91. The number of thiazole rings is 1. The van der Waals surface area contributed by atoms with Gasteiger partial charge in [0.1, 0.15) is 5.75 Å². The Bertz CT molecular complexity index is 918. The molecule has 5 heteroatoms. The molecule has 29 heavy (non-hydrogen) atoms. The van der Waals surface area contributed by atoms with Crippen molar-refractivity contribution >= 4 is 22.4 Å². The van der Waals surface area contributed by atoms with Crippen LogP contribution in [0.3, 0.4) is 0 Å². The van der Waals surface area contributed by atoms with E-state index in [0.717, 1.165) is 23.4 Å². The Labute approximate surface area is 177 Å². The maximum absolute atomic E-state index is 12.2. The van der Waals surface area contributed by atoms with Crippen molar-refractivity contribution in [3.05, 3.63) is 65.5 Å². The average Bonchev–Trinajstić information content (AvgIpc) is 3.20. The van der Waals surface area contributed by atoms with Crippen LogP contribution in [0, 0.1) is 0 Å². The first-order valence-electron chi connectivity index (χ1n) is 10.0. The summed E-state index contributed by atoms with van der Waals surface area (Å²) < 4.78 is 5.78. The van der Waals surface area contributed by atoms with Gasteiger partial charge < -0.3 is 10.1 Å². The van der Waals surface area contributed by atoms with Gasteiger partial charge in [0.15, 0.2) is 5.13 Å². The first-order chi connectivity index (χ1) is 14.0. The highest BCUT2D eigenvalue weighted by Crippen LogP contribution is 2.28. The molecule has 0 unspecified atom stereocenters. The summed E-state index contributed by atoms with van der Waals surface area (Å²) in [7, 11) is 0. The molecule has 0 radical (unpaired) electrons. The minimum Gasteiger partial charge on any atom is -0.494 e. The number of hydrogen-bond donors (Lipinski definition) is 1. The second-order valence-corrected chi connectivity index (χ2v) is 8.52. The summed E-state index contributed by atoms with van der Waals surface area (Å²) in [6.45, 7) is 7.19. The molecule has 0 aliphatic rings. The summed E-state index contributed by atoms with van der Waals surface area (Å²) in [4.78, 5) is 16.6. The quantitative estimate of drug-likeness (QED) is 0.423. The number of rotatable bonds is 9. The third-order valence-electron chi connectivity index (χ3n) is 5.16. The van der Waals surface area contributed by atoms with Crippen LogP contribution in [0.5, 0.6) is 5.75 Å². The van der Waals surface area contributed by atoms with Crippen LogP contribution >= 0.6 is 11.3 Å². The lowest BCUT2D eigenvalue weighted by molar-refractivity contribution is -0.116. The van der Waals surface area contributed by atoms with Gasteiger partial charge in [-0.15, -0.1) is 11.3 Å². The van der Waals surface area contributed by atoms with E-state index in [0.29, 0.717) is 24.6 Å². The molecule has 3 rings (SSSR count). The van der Waals surface area contributed by atoms with E-state index in [9.17, 15) is 4.79 Å². The SMILES string of the molecule is CCC(C)(C)c1ccc(OCCCC(=O)Nc2nc(-c3ccccc3)cs2)cc1. The van der Waals surface area contributed by atoms with E-state index in [1.54, 1.807) is 0 Å². The number of aromatic nitrogens is 1. The topological polar surface area (TPSA) is 51.2 Å². The second kappa shape index (κ2) is 9.70. The van der Waals surface area contributed by atoms with Gasteiger partial charge in [0.25, 0.3) is 0 Å². The van der Waals surface area contributed by atoms with Crippen LogP contribution in [0.1, 0.15) is 45.6 Å². The standard InChI is InChI=1S/C24H28N2O2S/c1-4-24(2,3)19-12-14-20(15-13-19)28-16-8-11-22(27)26-23-25-21(17-29-23)18-9-6-5-7-10-18/h5-7,9-10,12-15,17H,4,8,11,16H2,1-3H3,(H,25,26,27). The van der Waals surface area contributed by atoms with E-state index >= 15 is 0 Å². The van der Waals surface area contributed by atoms with Crippen LogP contribution in [-0.2, 0) is 10.2 Å². The smallest absolute Gasteiger partial charge is 0.226 e. The first kappa shape index (κ1) is 21.1. The molecule has 152 valence electrons. The highest BCUT2D eigenvalue weighted by atomic mass is 32.1. The molecule has 0 aliphatic carbocycles. The van der Waals surface area contributed by atoms with Crippen LogP contribution in [-0.4, -0.2) is 17.5 Å². The lowest BCUT2D eigenvalue weighted by atomic mass is 9.82. The Kier molecular flexibility index (Phi) is 7.04. The number of nitrogens with one attached hydrogen (secondary N) is 1. The maximum Gasteiger partial charge on any atom is 0.226 e. The van der Waals surface area contributed by atoms with Crippen LogP contribution in [0.25, 0.3) is 11.3 Å². The fourth-order valence-electron chi connectivity index (χ4n) is 2.88. The maximum atomic E-state index is 12.2. The van der Waals surface area contributed by atoms with E-state index in [1.807, 2.05) is 47.8 Å². The zero-order valence-electron chi connectivity index (χ0n) is 17.3. The van der Waals surface area contributed by atoms with Crippen LogP contribution in [0.15, 0.2) is 60.0 Å². The van der Waals surface area contributed by atoms with Gasteiger partial charge in [-0.25, -0.2) is 4.98 Å². The largest absolute Gasteiger partial charge is 0.494 e. The normalized spacial score (nSPS) is 11.3. The lowest BCUT2D eigenvalue weighted by Gasteiger charge is -2.23. The molecule has 1 amide bonds. The van der Waals surface area contributed by atoms with Crippen LogP contribution < -0.4 is 10.1 Å². The van der Waals surface area contributed by atoms with Gasteiger partial charge in [-0.1, -0.05) is 63.2 Å². The third-order valence-corrected chi connectivity index (χ3v) is 5.91. The van der Waals surface area contributed by atoms with Gasteiger partial charge >= 0.3 is 0 Å². The summed E-state index contributed by atoms with van der Waals surface area (Å²) >= 11 is 1.44. The van der Waals surface area contributed by atoms with Crippen molar-refractivity contribution in [2.75, 3.05) is 11.9 Å². The van der Waals surface area contributed by atoms with Crippen molar-refractivity contribution in [2.24, 2.45) is 0 Å². The van der Waals surface area contributed by atoms with Crippen molar-refractivity contribution in [3.63, 3.8) is 0 Å². The van der Waals surface area contributed by atoms with E-state index in [2.05, 4.69) is 43.2 Å². The monoisotopic (exact) mass is 408 g/mol. The summed E-state index contributed by atoms with van der Waals surface area (Å²) in [6.07, 6.45) is 2.15. The highest BCUT2D eigenvalue weighted by molar-refractivity contribution is 7.14. The minimum atomic E-state index is -0.0393. The molecular weight excluding hydrogens is 380 g/mol. The Hall–Kier alpha value is -2.66. The molecule has 0 saturated heterocycles. The van der Waals surface area contributed by atoms with E-state index in [4.69, 9.17) is 4.74 Å². The Morgan fingerprint density at radius 1 is 1.10 bits per heavy atom. The molecule has 0 saturated carbocycles. The molecule has 0 bridgehead atoms.